The monoisotopic (exact) mass is 509 g/mol. The Bertz CT molecular complexity index is 1110. The van der Waals surface area contributed by atoms with Crippen LogP contribution < -0.4 is 9.47 Å². The minimum absolute atomic E-state index is 0.0558. The van der Waals surface area contributed by atoms with Crippen LogP contribution in [0, 0.1) is 0 Å². The smallest absolute Gasteiger partial charge is 0.295 e. The number of benzene rings is 1. The molecule has 0 bridgehead atoms. The number of hydrogen-bond acceptors (Lipinski definition) is 8. The lowest BCUT2D eigenvalue weighted by Gasteiger charge is -2.31. The van der Waals surface area contributed by atoms with Crippen LogP contribution in [0.1, 0.15) is 43.9 Å². The molecule has 1 atom stereocenters. The molecule has 3 heterocycles. The molecule has 0 aliphatic carbocycles. The number of Topliss-reactive ketones (excluding diaryl/α,β-unsaturated/α-hetero) is 1. The van der Waals surface area contributed by atoms with Gasteiger partial charge in [-0.05, 0) is 43.2 Å². The zero-order valence-corrected chi connectivity index (χ0v) is 21.5. The number of pyridine rings is 1. The lowest BCUT2D eigenvalue weighted by atomic mass is 9.95. The van der Waals surface area contributed by atoms with E-state index in [1.807, 2.05) is 25.1 Å². The highest BCUT2D eigenvalue weighted by molar-refractivity contribution is 6.46. The quantitative estimate of drug-likeness (QED) is 0.213. The van der Waals surface area contributed by atoms with Gasteiger partial charge in [0, 0.05) is 44.1 Å². The lowest BCUT2D eigenvalue weighted by molar-refractivity contribution is -0.140. The van der Waals surface area contributed by atoms with Gasteiger partial charge >= 0.3 is 0 Å². The number of carbonyl (C=O) groups excluding carboxylic acids is 2. The molecule has 2 fully saturated rings. The van der Waals surface area contributed by atoms with Crippen molar-refractivity contribution in [2.75, 3.05) is 52.6 Å². The Hall–Kier alpha value is -3.43. The molecule has 0 radical (unpaired) electrons. The highest BCUT2D eigenvalue weighted by Gasteiger charge is 2.46. The minimum Gasteiger partial charge on any atom is -0.507 e. The van der Waals surface area contributed by atoms with Crippen LogP contribution in [0.25, 0.3) is 5.76 Å². The van der Waals surface area contributed by atoms with Gasteiger partial charge < -0.3 is 24.2 Å². The van der Waals surface area contributed by atoms with Crippen LogP contribution in [0.3, 0.4) is 0 Å². The molecule has 2 aromatic rings. The van der Waals surface area contributed by atoms with Gasteiger partial charge in [-0.15, -0.1) is 0 Å². The summed E-state index contributed by atoms with van der Waals surface area (Å²) >= 11 is 0. The van der Waals surface area contributed by atoms with Gasteiger partial charge in [0.2, 0.25) is 0 Å². The number of nitrogens with zero attached hydrogens (tertiary/aromatic N) is 3. The van der Waals surface area contributed by atoms with Crippen LogP contribution in [0.5, 0.6) is 11.5 Å². The predicted octanol–water partition coefficient (Wildman–Crippen LogP) is 3.41. The van der Waals surface area contributed by atoms with Gasteiger partial charge in [0.05, 0.1) is 38.0 Å². The molecular weight excluding hydrogens is 474 g/mol. The number of aliphatic hydroxyl groups is 1. The predicted molar refractivity (Wildman–Crippen MR) is 139 cm³/mol. The number of amides is 1. The molecule has 0 spiro atoms. The molecule has 1 unspecified atom stereocenters. The summed E-state index contributed by atoms with van der Waals surface area (Å²) in [5.41, 5.74) is 1.15. The van der Waals surface area contributed by atoms with Gasteiger partial charge in [-0.3, -0.25) is 19.5 Å². The second-order valence-electron chi connectivity index (χ2n) is 9.02. The van der Waals surface area contributed by atoms with E-state index in [2.05, 4.69) is 16.8 Å². The molecule has 2 saturated heterocycles. The number of unbranched alkanes of at least 4 members (excludes halogenated alkanes) is 1. The largest absolute Gasteiger partial charge is 0.507 e. The van der Waals surface area contributed by atoms with Crippen molar-refractivity contribution in [2.45, 2.75) is 32.7 Å². The summed E-state index contributed by atoms with van der Waals surface area (Å²) in [4.78, 5) is 34.3. The van der Waals surface area contributed by atoms with E-state index < -0.39 is 17.7 Å². The number of ketones is 1. The third-order valence-corrected chi connectivity index (χ3v) is 6.59. The highest BCUT2D eigenvalue weighted by atomic mass is 16.5. The summed E-state index contributed by atoms with van der Waals surface area (Å²) in [6.45, 7) is 8.73. The fraction of sp³-hybridized carbons (Fsp3) is 0.464. The third-order valence-electron chi connectivity index (χ3n) is 6.59. The summed E-state index contributed by atoms with van der Waals surface area (Å²) in [6, 6.07) is 7.92. The zero-order chi connectivity index (χ0) is 26.2. The van der Waals surface area contributed by atoms with Crippen molar-refractivity contribution < 1.29 is 28.9 Å². The van der Waals surface area contributed by atoms with E-state index in [0.29, 0.717) is 62.1 Å². The Kier molecular flexibility index (Phi) is 9.14. The minimum atomic E-state index is -0.766. The Balaban J connectivity index is 1.74. The second kappa shape index (κ2) is 12.7. The third kappa shape index (κ3) is 6.11. The maximum absolute atomic E-state index is 13.3. The Morgan fingerprint density at radius 3 is 2.51 bits per heavy atom. The first-order valence-corrected chi connectivity index (χ1v) is 12.9. The average Bonchev–Trinajstić information content (AvgIpc) is 3.18. The van der Waals surface area contributed by atoms with Gasteiger partial charge in [-0.1, -0.05) is 19.4 Å². The second-order valence-corrected chi connectivity index (χ2v) is 9.02. The van der Waals surface area contributed by atoms with Gasteiger partial charge in [-0.2, -0.15) is 0 Å². The summed E-state index contributed by atoms with van der Waals surface area (Å²) in [5.74, 6) is -0.407. The lowest BCUT2D eigenvalue weighted by Crippen LogP contribution is -2.42. The summed E-state index contributed by atoms with van der Waals surface area (Å²) in [6.07, 6.45) is 5.00. The number of morpholine rings is 1. The van der Waals surface area contributed by atoms with Gasteiger partial charge in [-0.25, -0.2) is 0 Å². The van der Waals surface area contributed by atoms with Crippen molar-refractivity contribution in [3.8, 4) is 11.5 Å². The Labute approximate surface area is 217 Å². The van der Waals surface area contributed by atoms with Gasteiger partial charge in [0.1, 0.15) is 5.76 Å². The summed E-state index contributed by atoms with van der Waals surface area (Å²) in [5, 5.41) is 11.2. The van der Waals surface area contributed by atoms with Crippen LogP contribution in [0.2, 0.25) is 0 Å². The zero-order valence-electron chi connectivity index (χ0n) is 21.5. The van der Waals surface area contributed by atoms with E-state index >= 15 is 0 Å². The number of ether oxygens (including phenoxy) is 3. The topological polar surface area (TPSA) is 101 Å². The number of rotatable bonds is 11. The molecule has 1 aromatic carbocycles. The maximum atomic E-state index is 13.3. The number of aliphatic hydroxyl groups excluding tert-OH is 1. The molecule has 9 heteroatoms. The molecule has 37 heavy (non-hydrogen) atoms. The molecule has 2 aliphatic heterocycles. The molecule has 0 saturated carbocycles. The fourth-order valence-corrected chi connectivity index (χ4v) is 4.61. The molecule has 198 valence electrons. The van der Waals surface area contributed by atoms with E-state index in [-0.39, 0.29) is 11.3 Å². The van der Waals surface area contributed by atoms with Crippen LogP contribution in [-0.2, 0) is 14.3 Å². The molecule has 1 amide bonds. The van der Waals surface area contributed by atoms with Crippen molar-refractivity contribution in [3.63, 3.8) is 0 Å². The van der Waals surface area contributed by atoms with Crippen molar-refractivity contribution in [1.82, 2.24) is 14.8 Å². The van der Waals surface area contributed by atoms with Crippen molar-refractivity contribution in [2.24, 2.45) is 0 Å². The van der Waals surface area contributed by atoms with E-state index in [0.717, 1.165) is 25.9 Å². The first kappa shape index (κ1) is 26.6. The van der Waals surface area contributed by atoms with Gasteiger partial charge in [0.15, 0.2) is 11.5 Å². The first-order chi connectivity index (χ1) is 18.0. The van der Waals surface area contributed by atoms with Crippen LogP contribution in [-0.4, -0.2) is 84.2 Å². The van der Waals surface area contributed by atoms with Crippen molar-refractivity contribution in [3.05, 3.63) is 59.4 Å². The maximum Gasteiger partial charge on any atom is 0.295 e. The molecule has 1 aromatic heterocycles. The number of carbonyl (C=O) groups is 2. The average molecular weight is 510 g/mol. The van der Waals surface area contributed by atoms with Gasteiger partial charge in [0.25, 0.3) is 11.7 Å². The van der Waals surface area contributed by atoms with Crippen LogP contribution in [0.15, 0.2) is 48.3 Å². The van der Waals surface area contributed by atoms with E-state index in [1.54, 1.807) is 17.0 Å². The molecular formula is C28H35N3O6. The normalized spacial score (nSPS) is 19.8. The Morgan fingerprint density at radius 1 is 1.05 bits per heavy atom. The molecule has 4 rings (SSSR count). The number of aromatic nitrogens is 1. The molecule has 9 nitrogen and oxygen atoms in total. The van der Waals surface area contributed by atoms with Crippen molar-refractivity contribution in [1.29, 1.82) is 0 Å². The first-order valence-electron chi connectivity index (χ1n) is 12.9. The number of hydrogen-bond donors (Lipinski definition) is 1. The van der Waals surface area contributed by atoms with E-state index in [1.165, 1.54) is 12.4 Å². The standard InChI is InChI=1S/C28H35N3O6/c1-3-5-16-37-22-7-6-21(19-23(22)36-4-2)25-24(26(32)20-8-10-29-11-9-20)27(33)28(34)31(25)13-12-30-14-17-35-18-15-30/h6-11,19,25,32H,3-5,12-18H2,1-2H3. The SMILES string of the molecule is CCCCOc1ccc(C2C(=C(O)c3ccncc3)C(=O)C(=O)N2CCN2CCOCC2)cc1OCC. The van der Waals surface area contributed by atoms with Crippen LogP contribution in [0.4, 0.5) is 0 Å². The highest BCUT2D eigenvalue weighted by Crippen LogP contribution is 2.42. The molecule has 1 N–H and O–H groups in total. The van der Waals surface area contributed by atoms with E-state index in [9.17, 15) is 14.7 Å². The Morgan fingerprint density at radius 2 is 1.81 bits per heavy atom. The molecule has 2 aliphatic rings. The number of likely N-dealkylation sites (tertiary alicyclic amines) is 1. The van der Waals surface area contributed by atoms with Crippen molar-refractivity contribution >= 4 is 17.4 Å². The fourth-order valence-electron chi connectivity index (χ4n) is 4.61. The van der Waals surface area contributed by atoms with E-state index in [4.69, 9.17) is 14.2 Å². The summed E-state index contributed by atoms with van der Waals surface area (Å²) in [7, 11) is 0. The summed E-state index contributed by atoms with van der Waals surface area (Å²) < 4.78 is 17.2. The van der Waals surface area contributed by atoms with Crippen LogP contribution >= 0.6 is 0 Å².